The lowest BCUT2D eigenvalue weighted by atomic mass is 10.1. The van der Waals surface area contributed by atoms with Crippen LogP contribution >= 0.6 is 0 Å². The van der Waals surface area contributed by atoms with Gasteiger partial charge in [-0.2, -0.15) is 0 Å². The average molecular weight is 252 g/mol. The molecule has 1 N–H and O–H groups in total. The summed E-state index contributed by atoms with van der Waals surface area (Å²) in [5.41, 5.74) is 5.31. The zero-order chi connectivity index (χ0) is 13.0. The van der Waals surface area contributed by atoms with Crippen molar-refractivity contribution in [1.29, 1.82) is 0 Å². The number of pyridine rings is 1. The molecule has 1 aromatic rings. The molecule has 1 aromatic heterocycles. The number of fused-ring (bicyclic) bond motifs is 2. The summed E-state index contributed by atoms with van der Waals surface area (Å²) < 4.78 is 13.4. The first kappa shape index (κ1) is 10.4. The van der Waals surface area contributed by atoms with E-state index < -0.39 is 5.82 Å². The van der Waals surface area contributed by atoms with Gasteiger partial charge in [-0.15, -0.1) is 0 Å². The molecule has 3 nitrogen and oxygen atoms in total. The minimum absolute atomic E-state index is 0.0362. The van der Waals surface area contributed by atoms with Crippen LogP contribution in [0.15, 0.2) is 64.4 Å². The Labute approximate surface area is 108 Å². The van der Waals surface area contributed by atoms with Gasteiger partial charge in [-0.25, -0.2) is 9.37 Å². The van der Waals surface area contributed by atoms with Gasteiger partial charge in [-0.05, 0) is 53.0 Å². The molecule has 4 rings (SSSR count). The van der Waals surface area contributed by atoms with Crippen molar-refractivity contribution in [2.45, 2.75) is 6.42 Å². The van der Waals surface area contributed by atoms with Gasteiger partial charge in [-0.3, -0.25) is 4.79 Å². The van der Waals surface area contributed by atoms with Crippen LogP contribution in [-0.4, -0.2) is 10.9 Å². The number of allylic oxidation sites excluding steroid dienone is 6. The topological polar surface area (TPSA) is 42.0 Å². The van der Waals surface area contributed by atoms with Crippen molar-refractivity contribution >= 4 is 11.7 Å². The third-order valence-electron chi connectivity index (χ3n) is 3.51. The van der Waals surface area contributed by atoms with Gasteiger partial charge in [0.2, 0.25) is 0 Å². The van der Waals surface area contributed by atoms with Crippen LogP contribution in [0.4, 0.5) is 10.2 Å². The van der Waals surface area contributed by atoms with Crippen molar-refractivity contribution in [3.05, 3.63) is 70.2 Å². The zero-order valence-corrected chi connectivity index (χ0v) is 9.90. The van der Waals surface area contributed by atoms with Crippen molar-refractivity contribution in [2.75, 3.05) is 5.32 Å². The normalized spacial score (nSPS) is 18.5. The lowest BCUT2D eigenvalue weighted by Crippen LogP contribution is -2.15. The molecule has 0 radical (unpaired) electrons. The Morgan fingerprint density at radius 2 is 2.21 bits per heavy atom. The second kappa shape index (κ2) is 3.51. The minimum atomic E-state index is -0.533. The molecule has 1 heterocycles. The van der Waals surface area contributed by atoms with Gasteiger partial charge < -0.3 is 5.32 Å². The number of rotatable bonds is 2. The fourth-order valence-corrected chi connectivity index (χ4v) is 2.49. The van der Waals surface area contributed by atoms with E-state index in [-0.39, 0.29) is 11.7 Å². The molecule has 3 aliphatic carbocycles. The molecular formula is C15H9FN2O. The molecule has 0 unspecified atom stereocenters. The molecule has 1 amide bonds. The summed E-state index contributed by atoms with van der Waals surface area (Å²) in [6, 6.07) is 2.75. The third kappa shape index (κ3) is 1.50. The van der Waals surface area contributed by atoms with E-state index in [1.807, 2.05) is 12.2 Å². The molecule has 1 saturated carbocycles. The van der Waals surface area contributed by atoms with Crippen molar-refractivity contribution in [3.63, 3.8) is 0 Å². The summed E-state index contributed by atoms with van der Waals surface area (Å²) in [5.74, 6) is -0.891. The smallest absolute Gasteiger partial charge is 0.257 e. The van der Waals surface area contributed by atoms with E-state index in [4.69, 9.17) is 0 Å². The number of nitrogens with one attached hydrogen (secondary N) is 1. The van der Waals surface area contributed by atoms with E-state index >= 15 is 0 Å². The van der Waals surface area contributed by atoms with Gasteiger partial charge in [-0.1, -0.05) is 6.08 Å². The Hall–Kier alpha value is -2.49. The van der Waals surface area contributed by atoms with Crippen LogP contribution in [0.25, 0.3) is 0 Å². The lowest BCUT2D eigenvalue weighted by molar-refractivity contribution is -0.112. The summed E-state index contributed by atoms with van der Waals surface area (Å²) in [6.07, 6.45) is 8.24. The highest BCUT2D eigenvalue weighted by atomic mass is 19.1. The standard InChI is InChI=1S/C15H9FN2O/c16-13-2-1-5-17-14(13)18-15(19)10-4-3-9-11-6-8(11)7-12(9)10/h1-5,7H,6H2,(H,17,18,19). The minimum Gasteiger partial charge on any atom is -0.304 e. The van der Waals surface area contributed by atoms with Gasteiger partial charge in [0.25, 0.3) is 5.91 Å². The fraction of sp³-hybridized carbons (Fsp3) is 0.0667. The molecule has 0 aliphatic heterocycles. The molecule has 0 spiro atoms. The number of halogens is 1. The SMILES string of the molecule is O=C(Nc1ncccc1F)C1=C2C=C3CC3=C2C=C1. The highest BCUT2D eigenvalue weighted by Crippen LogP contribution is 2.51. The predicted octanol–water partition coefficient (Wildman–Crippen LogP) is 2.67. The van der Waals surface area contributed by atoms with Crippen LogP contribution in [-0.2, 0) is 4.79 Å². The first-order chi connectivity index (χ1) is 9.24. The van der Waals surface area contributed by atoms with Crippen molar-refractivity contribution < 1.29 is 9.18 Å². The van der Waals surface area contributed by atoms with Crippen LogP contribution in [0.1, 0.15) is 6.42 Å². The van der Waals surface area contributed by atoms with E-state index in [1.54, 1.807) is 6.08 Å². The Morgan fingerprint density at radius 1 is 1.32 bits per heavy atom. The van der Waals surface area contributed by atoms with E-state index in [0.717, 1.165) is 17.6 Å². The number of carbonyl (C=O) groups excluding carboxylic acids is 1. The molecular weight excluding hydrogens is 243 g/mol. The number of aromatic nitrogens is 1. The van der Waals surface area contributed by atoms with Gasteiger partial charge in [0, 0.05) is 11.8 Å². The number of hydrogen-bond donors (Lipinski definition) is 1. The molecule has 1 fully saturated rings. The third-order valence-corrected chi connectivity index (χ3v) is 3.51. The molecule has 4 heteroatoms. The zero-order valence-electron chi connectivity index (χ0n) is 9.90. The number of amides is 1. The molecule has 3 aliphatic rings. The van der Waals surface area contributed by atoms with Gasteiger partial charge in [0.05, 0.1) is 0 Å². The second-order valence-corrected chi connectivity index (χ2v) is 4.69. The van der Waals surface area contributed by atoms with E-state index in [0.29, 0.717) is 5.57 Å². The Kier molecular flexibility index (Phi) is 1.93. The maximum Gasteiger partial charge on any atom is 0.257 e. The van der Waals surface area contributed by atoms with Crippen molar-refractivity contribution in [2.24, 2.45) is 0 Å². The second-order valence-electron chi connectivity index (χ2n) is 4.69. The monoisotopic (exact) mass is 252 g/mol. The average Bonchev–Trinajstić information content (AvgIpc) is 2.89. The van der Waals surface area contributed by atoms with Gasteiger partial charge in [0.1, 0.15) is 0 Å². The maximum atomic E-state index is 13.4. The van der Waals surface area contributed by atoms with Crippen molar-refractivity contribution in [3.8, 4) is 0 Å². The van der Waals surface area contributed by atoms with Crippen LogP contribution in [0, 0.1) is 5.82 Å². The number of nitrogens with zero attached hydrogens (tertiary/aromatic N) is 1. The van der Waals surface area contributed by atoms with Crippen LogP contribution < -0.4 is 5.32 Å². The Bertz CT molecular complexity index is 753. The number of hydrogen-bond acceptors (Lipinski definition) is 2. The molecule has 19 heavy (non-hydrogen) atoms. The molecule has 0 atom stereocenters. The number of anilines is 1. The quantitative estimate of drug-likeness (QED) is 0.879. The molecule has 0 saturated heterocycles. The summed E-state index contributed by atoms with van der Waals surface area (Å²) in [7, 11) is 0. The summed E-state index contributed by atoms with van der Waals surface area (Å²) in [4.78, 5) is 16.0. The van der Waals surface area contributed by atoms with E-state index in [2.05, 4.69) is 10.3 Å². The van der Waals surface area contributed by atoms with Crippen LogP contribution in [0.5, 0.6) is 0 Å². The predicted molar refractivity (Wildman–Crippen MR) is 68.7 cm³/mol. The Balaban J connectivity index is 1.65. The maximum absolute atomic E-state index is 13.4. The fourth-order valence-electron chi connectivity index (χ4n) is 2.49. The van der Waals surface area contributed by atoms with Gasteiger partial charge >= 0.3 is 0 Å². The largest absolute Gasteiger partial charge is 0.304 e. The Morgan fingerprint density at radius 3 is 3.05 bits per heavy atom. The summed E-state index contributed by atoms with van der Waals surface area (Å²) >= 11 is 0. The van der Waals surface area contributed by atoms with E-state index in [1.165, 1.54) is 29.5 Å². The number of carbonyl (C=O) groups is 1. The first-order valence-electron chi connectivity index (χ1n) is 6.03. The molecule has 0 bridgehead atoms. The van der Waals surface area contributed by atoms with Crippen LogP contribution in [0.2, 0.25) is 0 Å². The molecule has 92 valence electrons. The van der Waals surface area contributed by atoms with Crippen molar-refractivity contribution in [1.82, 2.24) is 4.98 Å². The summed E-state index contributed by atoms with van der Waals surface area (Å²) in [6.45, 7) is 0. The van der Waals surface area contributed by atoms with Gasteiger partial charge in [0.15, 0.2) is 11.6 Å². The summed E-state index contributed by atoms with van der Waals surface area (Å²) in [5, 5.41) is 2.51. The van der Waals surface area contributed by atoms with E-state index in [9.17, 15) is 9.18 Å². The lowest BCUT2D eigenvalue weighted by Gasteiger charge is -2.06. The molecule has 0 aromatic carbocycles. The van der Waals surface area contributed by atoms with Crippen LogP contribution in [0.3, 0.4) is 0 Å². The first-order valence-corrected chi connectivity index (χ1v) is 6.03. The highest BCUT2D eigenvalue weighted by molar-refractivity contribution is 6.08. The highest BCUT2D eigenvalue weighted by Gasteiger charge is 2.35.